The predicted molar refractivity (Wildman–Crippen MR) is 69.9 cm³/mol. The van der Waals surface area contributed by atoms with Crippen molar-refractivity contribution in [3.63, 3.8) is 0 Å². The van der Waals surface area contributed by atoms with Crippen molar-refractivity contribution in [2.24, 2.45) is 5.92 Å². The Hall–Kier alpha value is -0.540. The van der Waals surface area contributed by atoms with Crippen molar-refractivity contribution < 1.29 is 4.79 Å². The highest BCUT2D eigenvalue weighted by molar-refractivity contribution is 6.29. The van der Waals surface area contributed by atoms with Crippen LogP contribution < -0.4 is 10.6 Å². The third kappa shape index (κ3) is 3.46. The number of hydrogen-bond donors (Lipinski definition) is 2. The molecule has 1 heterocycles. The van der Waals surface area contributed by atoms with Crippen molar-refractivity contribution in [1.29, 1.82) is 0 Å². The Bertz CT molecular complexity index is 306. The summed E-state index contributed by atoms with van der Waals surface area (Å²) >= 11 is 5.64. The molecule has 2 aliphatic rings. The van der Waals surface area contributed by atoms with E-state index in [-0.39, 0.29) is 11.9 Å². The van der Waals surface area contributed by atoms with Gasteiger partial charge < -0.3 is 10.6 Å². The minimum Gasteiger partial charge on any atom is -0.350 e. The molecule has 1 aliphatic heterocycles. The van der Waals surface area contributed by atoms with E-state index in [2.05, 4.69) is 17.2 Å². The zero-order valence-electron chi connectivity index (χ0n) is 10.2. The molecule has 2 rings (SSSR count). The van der Waals surface area contributed by atoms with Crippen molar-refractivity contribution in [2.45, 2.75) is 50.6 Å². The summed E-state index contributed by atoms with van der Waals surface area (Å²) in [7, 11) is 0. The van der Waals surface area contributed by atoms with Gasteiger partial charge in [-0.1, -0.05) is 31.0 Å². The van der Waals surface area contributed by atoms with Crippen LogP contribution >= 0.6 is 11.6 Å². The number of nitrogens with one attached hydrogen (secondary N) is 2. The van der Waals surface area contributed by atoms with Gasteiger partial charge in [0.25, 0.3) is 0 Å². The highest BCUT2D eigenvalue weighted by atomic mass is 35.5. The molecule has 2 fully saturated rings. The molecule has 2 N–H and O–H groups in total. The molecule has 96 valence electrons. The Morgan fingerprint density at radius 2 is 2.06 bits per heavy atom. The maximum atomic E-state index is 11.9. The average Bonchev–Trinajstić information content (AvgIpc) is 2.35. The maximum Gasteiger partial charge on any atom is 0.237 e. The van der Waals surface area contributed by atoms with Crippen molar-refractivity contribution in [2.75, 3.05) is 6.54 Å². The molecule has 1 saturated carbocycles. The molecule has 0 radical (unpaired) electrons. The van der Waals surface area contributed by atoms with Crippen LogP contribution in [-0.2, 0) is 4.79 Å². The summed E-state index contributed by atoms with van der Waals surface area (Å²) in [5, 5.41) is 6.79. The summed E-state index contributed by atoms with van der Waals surface area (Å²) in [6.45, 7) is 3.94. The molecule has 1 saturated heterocycles. The van der Waals surface area contributed by atoms with E-state index >= 15 is 0 Å². The SMILES string of the molecule is C=C(Cl)CNC(=O)C1CCC2CCCCC2N1. The van der Waals surface area contributed by atoms with Crippen LogP contribution in [0.4, 0.5) is 0 Å². The van der Waals surface area contributed by atoms with Gasteiger partial charge in [-0.3, -0.25) is 4.79 Å². The van der Waals surface area contributed by atoms with E-state index < -0.39 is 0 Å². The van der Waals surface area contributed by atoms with Crippen LogP contribution in [0.15, 0.2) is 11.6 Å². The van der Waals surface area contributed by atoms with Gasteiger partial charge >= 0.3 is 0 Å². The first-order chi connectivity index (χ1) is 8.16. The first kappa shape index (κ1) is 12.9. The van der Waals surface area contributed by atoms with Gasteiger partial charge in [0, 0.05) is 11.1 Å². The van der Waals surface area contributed by atoms with E-state index in [1.165, 1.54) is 32.1 Å². The number of carbonyl (C=O) groups is 1. The number of hydrogen-bond acceptors (Lipinski definition) is 2. The van der Waals surface area contributed by atoms with Crippen molar-refractivity contribution in [3.05, 3.63) is 11.6 Å². The van der Waals surface area contributed by atoms with E-state index in [1.807, 2.05) is 0 Å². The number of piperidine rings is 1. The molecule has 1 amide bonds. The van der Waals surface area contributed by atoms with Crippen molar-refractivity contribution in [3.8, 4) is 0 Å². The molecule has 0 aromatic rings. The van der Waals surface area contributed by atoms with Crippen LogP contribution in [0, 0.1) is 5.92 Å². The lowest BCUT2D eigenvalue weighted by Gasteiger charge is -2.39. The van der Waals surface area contributed by atoms with Crippen molar-refractivity contribution >= 4 is 17.5 Å². The van der Waals surface area contributed by atoms with Gasteiger partial charge in [0.2, 0.25) is 5.91 Å². The molecule has 0 aromatic heterocycles. The monoisotopic (exact) mass is 256 g/mol. The van der Waals surface area contributed by atoms with Crippen LogP contribution in [0.5, 0.6) is 0 Å². The van der Waals surface area contributed by atoms with Gasteiger partial charge in [-0.05, 0) is 31.6 Å². The van der Waals surface area contributed by atoms with E-state index in [1.54, 1.807) is 0 Å². The fourth-order valence-corrected chi connectivity index (χ4v) is 3.07. The highest BCUT2D eigenvalue weighted by Crippen LogP contribution is 2.32. The quantitative estimate of drug-likeness (QED) is 0.813. The van der Waals surface area contributed by atoms with Gasteiger partial charge in [-0.2, -0.15) is 0 Å². The second-order valence-electron chi connectivity index (χ2n) is 5.18. The highest BCUT2D eigenvalue weighted by Gasteiger charge is 2.34. The Morgan fingerprint density at radius 3 is 2.82 bits per heavy atom. The molecule has 0 spiro atoms. The number of carbonyl (C=O) groups excluding carboxylic acids is 1. The van der Waals surface area contributed by atoms with E-state index in [0.29, 0.717) is 17.6 Å². The Labute approximate surface area is 108 Å². The third-order valence-electron chi connectivity index (χ3n) is 3.92. The summed E-state index contributed by atoms with van der Waals surface area (Å²) < 4.78 is 0. The van der Waals surface area contributed by atoms with Gasteiger partial charge in [0.05, 0.1) is 12.6 Å². The standard InChI is InChI=1S/C13H21ClN2O/c1-9(14)8-15-13(17)12-7-6-10-4-2-3-5-11(10)16-12/h10-12,16H,1-8H2,(H,15,17). The zero-order valence-corrected chi connectivity index (χ0v) is 10.9. The van der Waals surface area contributed by atoms with E-state index in [0.717, 1.165) is 12.3 Å². The minimum absolute atomic E-state index is 0.0367. The van der Waals surface area contributed by atoms with E-state index in [4.69, 9.17) is 11.6 Å². The summed E-state index contributed by atoms with van der Waals surface area (Å²) in [5.41, 5.74) is 0. The summed E-state index contributed by atoms with van der Waals surface area (Å²) in [6, 6.07) is 0.512. The fourth-order valence-electron chi connectivity index (χ4n) is 3.01. The Morgan fingerprint density at radius 1 is 1.29 bits per heavy atom. The number of halogens is 1. The lowest BCUT2D eigenvalue weighted by molar-refractivity contribution is -0.124. The molecule has 4 heteroatoms. The lowest BCUT2D eigenvalue weighted by Crippen LogP contribution is -2.55. The van der Waals surface area contributed by atoms with Crippen LogP contribution in [0.3, 0.4) is 0 Å². The molecule has 0 aromatic carbocycles. The maximum absolute atomic E-state index is 11.9. The third-order valence-corrected chi connectivity index (χ3v) is 4.06. The lowest BCUT2D eigenvalue weighted by atomic mass is 9.77. The van der Waals surface area contributed by atoms with Crippen molar-refractivity contribution in [1.82, 2.24) is 10.6 Å². The summed E-state index contributed by atoms with van der Waals surface area (Å²) in [5.74, 6) is 0.853. The van der Waals surface area contributed by atoms with Gasteiger partial charge in [-0.25, -0.2) is 0 Å². The molecule has 17 heavy (non-hydrogen) atoms. The van der Waals surface area contributed by atoms with Crippen LogP contribution in [-0.4, -0.2) is 24.5 Å². The van der Waals surface area contributed by atoms with Gasteiger partial charge in [0.15, 0.2) is 0 Å². The van der Waals surface area contributed by atoms with E-state index in [9.17, 15) is 4.79 Å². The normalized spacial score (nSPS) is 32.6. The summed E-state index contributed by atoms with van der Waals surface area (Å²) in [4.78, 5) is 11.9. The molecule has 0 bridgehead atoms. The summed E-state index contributed by atoms with van der Waals surface area (Å²) in [6.07, 6.45) is 7.31. The molecular formula is C13H21ClN2O. The topological polar surface area (TPSA) is 41.1 Å². The molecular weight excluding hydrogens is 236 g/mol. The van der Waals surface area contributed by atoms with Crippen LogP contribution in [0.2, 0.25) is 0 Å². The fraction of sp³-hybridized carbons (Fsp3) is 0.769. The zero-order chi connectivity index (χ0) is 12.3. The number of fused-ring (bicyclic) bond motifs is 1. The molecule has 3 unspecified atom stereocenters. The molecule has 1 aliphatic carbocycles. The second kappa shape index (κ2) is 5.87. The second-order valence-corrected chi connectivity index (χ2v) is 5.72. The van der Waals surface area contributed by atoms with Gasteiger partial charge in [0.1, 0.15) is 0 Å². The number of rotatable bonds is 3. The van der Waals surface area contributed by atoms with Crippen LogP contribution in [0.25, 0.3) is 0 Å². The molecule has 3 nitrogen and oxygen atoms in total. The minimum atomic E-state index is -0.0367. The smallest absolute Gasteiger partial charge is 0.237 e. The number of amides is 1. The molecule has 3 atom stereocenters. The Balaban J connectivity index is 1.82. The first-order valence-corrected chi connectivity index (χ1v) is 6.91. The first-order valence-electron chi connectivity index (χ1n) is 6.54. The van der Waals surface area contributed by atoms with Crippen LogP contribution in [0.1, 0.15) is 38.5 Å². The predicted octanol–water partition coefficient (Wildman–Crippen LogP) is 2.17. The Kier molecular flexibility index (Phi) is 4.46. The average molecular weight is 257 g/mol. The van der Waals surface area contributed by atoms with Gasteiger partial charge in [-0.15, -0.1) is 0 Å². The largest absolute Gasteiger partial charge is 0.350 e.